The molecular weight excluding hydrogens is 403 g/mol. The molecule has 2 unspecified atom stereocenters. The molecule has 1 aliphatic heterocycles. The summed E-state index contributed by atoms with van der Waals surface area (Å²) in [6.07, 6.45) is 3.95. The zero-order valence-corrected chi connectivity index (χ0v) is 17.9. The van der Waals surface area contributed by atoms with Crippen LogP contribution in [0.3, 0.4) is 0 Å². The van der Waals surface area contributed by atoms with Crippen LogP contribution in [-0.2, 0) is 11.3 Å². The van der Waals surface area contributed by atoms with Crippen molar-refractivity contribution >= 4 is 29.7 Å². The summed E-state index contributed by atoms with van der Waals surface area (Å²) in [5.41, 5.74) is 8.90. The van der Waals surface area contributed by atoms with Crippen molar-refractivity contribution in [2.45, 2.75) is 56.6 Å². The van der Waals surface area contributed by atoms with Crippen LogP contribution in [-0.4, -0.2) is 22.5 Å². The second-order valence-corrected chi connectivity index (χ2v) is 8.96. The summed E-state index contributed by atoms with van der Waals surface area (Å²) in [5.74, 6) is 1.13. The number of benzene rings is 1. The number of anilines is 2. The molecule has 1 aromatic heterocycles. The van der Waals surface area contributed by atoms with Crippen LogP contribution in [0.25, 0.3) is 0 Å². The molecule has 0 bridgehead atoms. The Morgan fingerprint density at radius 3 is 3.03 bits per heavy atom. The van der Waals surface area contributed by atoms with Crippen molar-refractivity contribution in [3.8, 4) is 0 Å². The lowest BCUT2D eigenvalue weighted by Gasteiger charge is -2.17. The van der Waals surface area contributed by atoms with Gasteiger partial charge in [0.1, 0.15) is 6.10 Å². The Morgan fingerprint density at radius 2 is 2.27 bits per heavy atom. The molecule has 7 nitrogen and oxygen atoms in total. The van der Waals surface area contributed by atoms with E-state index in [2.05, 4.69) is 20.2 Å². The lowest BCUT2D eigenvalue weighted by atomic mass is 10.0. The summed E-state index contributed by atoms with van der Waals surface area (Å²) >= 11 is 1.45. The molecule has 2 aliphatic rings. The molecule has 1 saturated carbocycles. The van der Waals surface area contributed by atoms with Crippen molar-refractivity contribution in [1.82, 2.24) is 14.9 Å². The minimum absolute atomic E-state index is 0.0163. The molecule has 4 rings (SSSR count). The number of allylic oxidation sites excluding steroid dienone is 1. The highest BCUT2D eigenvalue weighted by molar-refractivity contribution is 7.97. The first kappa shape index (κ1) is 20.7. The third-order valence-electron chi connectivity index (χ3n) is 5.67. The predicted octanol–water partition coefficient (Wildman–Crippen LogP) is 4.53. The largest absolute Gasteiger partial charge is 0.476 e. The third kappa shape index (κ3) is 4.17. The van der Waals surface area contributed by atoms with Crippen molar-refractivity contribution in [1.29, 1.82) is 5.41 Å². The van der Waals surface area contributed by atoms with E-state index in [1.165, 1.54) is 18.2 Å². The Hall–Kier alpha value is -2.52. The molecule has 1 fully saturated rings. The van der Waals surface area contributed by atoms with Crippen LogP contribution < -0.4 is 15.8 Å². The molecular formula is C21H27FN6OS. The fraction of sp³-hybridized carbons (Fsp3) is 0.429. The van der Waals surface area contributed by atoms with Gasteiger partial charge >= 0.3 is 0 Å². The number of nitrogens with zero attached hydrogens (tertiary/aromatic N) is 1. The molecule has 30 heavy (non-hydrogen) atoms. The van der Waals surface area contributed by atoms with Crippen LogP contribution in [0.2, 0.25) is 0 Å². The Kier molecular flexibility index (Phi) is 6.01. The molecule has 0 radical (unpaired) electrons. The number of aromatic nitrogens is 2. The second kappa shape index (κ2) is 8.69. The molecule has 2 heterocycles. The van der Waals surface area contributed by atoms with Gasteiger partial charge in [0.15, 0.2) is 17.5 Å². The van der Waals surface area contributed by atoms with Gasteiger partial charge in [-0.3, -0.25) is 9.82 Å². The number of halogens is 1. The Bertz CT molecular complexity index is 972. The van der Waals surface area contributed by atoms with Crippen LogP contribution in [0.15, 0.2) is 34.6 Å². The monoisotopic (exact) mass is 430 g/mol. The van der Waals surface area contributed by atoms with Crippen LogP contribution in [0.4, 0.5) is 15.9 Å². The summed E-state index contributed by atoms with van der Waals surface area (Å²) in [6.45, 7) is 4.50. The van der Waals surface area contributed by atoms with Gasteiger partial charge in [0, 0.05) is 46.5 Å². The Labute approximate surface area is 179 Å². The number of rotatable bonds is 7. The van der Waals surface area contributed by atoms with E-state index in [1.54, 1.807) is 6.07 Å². The number of aromatic amines is 1. The second-order valence-electron chi connectivity index (χ2n) is 8.03. The topological polar surface area (TPSA) is 112 Å². The van der Waals surface area contributed by atoms with E-state index >= 15 is 0 Å². The average Bonchev–Trinajstić information content (AvgIpc) is 3.45. The zero-order valence-electron chi connectivity index (χ0n) is 17.1. The standard InChI is InChI=1S/C21H27FN6OS/c1-11(2)14(9-23)21(24)29-13-4-3-12(7-13)17-8-19(28-27-17)26-16-5-6-18-15(20(16)22)10-25-30-18/h5-6,8-9,11-13,23,25H,3-4,7,10,24H2,1-2H3,(H2,26,27,28)/b21-14-,23-9?. The van der Waals surface area contributed by atoms with Gasteiger partial charge in [-0.2, -0.15) is 5.10 Å². The van der Waals surface area contributed by atoms with Gasteiger partial charge < -0.3 is 21.2 Å². The van der Waals surface area contributed by atoms with Gasteiger partial charge in [0.05, 0.1) is 5.69 Å². The van der Waals surface area contributed by atoms with Crippen molar-refractivity contribution in [3.63, 3.8) is 0 Å². The molecule has 2 aromatic rings. The minimum Gasteiger partial charge on any atom is -0.476 e. The maximum Gasteiger partial charge on any atom is 0.189 e. The highest BCUT2D eigenvalue weighted by Crippen LogP contribution is 2.38. The third-order valence-corrected chi connectivity index (χ3v) is 6.56. The van der Waals surface area contributed by atoms with Gasteiger partial charge in [-0.05, 0) is 49.3 Å². The number of fused-ring (bicyclic) bond motifs is 1. The maximum atomic E-state index is 14.7. The van der Waals surface area contributed by atoms with Crippen molar-refractivity contribution in [3.05, 3.63) is 46.7 Å². The molecule has 0 amide bonds. The SMILES string of the molecule is CC(C)/C(C=N)=C(/N)OC1CCC(c2cc(Nc3ccc4c(c3F)CNS4)n[nH]2)C1. The fourth-order valence-corrected chi connectivity index (χ4v) is 4.79. The summed E-state index contributed by atoms with van der Waals surface area (Å²) in [4.78, 5) is 0.926. The number of hydrogen-bond acceptors (Lipinski definition) is 7. The molecule has 9 heteroatoms. The first-order valence-electron chi connectivity index (χ1n) is 10.2. The van der Waals surface area contributed by atoms with E-state index < -0.39 is 0 Å². The van der Waals surface area contributed by atoms with Gasteiger partial charge in [0.2, 0.25) is 0 Å². The van der Waals surface area contributed by atoms with E-state index in [-0.39, 0.29) is 23.8 Å². The first-order valence-corrected chi connectivity index (χ1v) is 11.0. The molecule has 1 aromatic carbocycles. The molecule has 0 saturated heterocycles. The number of ether oxygens (including phenoxy) is 1. The maximum absolute atomic E-state index is 14.7. The summed E-state index contributed by atoms with van der Waals surface area (Å²) in [7, 11) is 0. The lowest BCUT2D eigenvalue weighted by molar-refractivity contribution is 0.116. The molecule has 2 atom stereocenters. The summed E-state index contributed by atoms with van der Waals surface area (Å²) < 4.78 is 23.7. The predicted molar refractivity (Wildman–Crippen MR) is 117 cm³/mol. The van der Waals surface area contributed by atoms with Crippen LogP contribution in [0.5, 0.6) is 0 Å². The van der Waals surface area contributed by atoms with Crippen LogP contribution in [0.1, 0.15) is 50.3 Å². The van der Waals surface area contributed by atoms with Crippen LogP contribution in [0, 0.1) is 17.1 Å². The molecule has 160 valence electrons. The lowest BCUT2D eigenvalue weighted by Crippen LogP contribution is -2.17. The van der Waals surface area contributed by atoms with Gasteiger partial charge in [-0.25, -0.2) is 4.39 Å². The fourth-order valence-electron chi connectivity index (χ4n) is 3.99. The number of nitrogens with one attached hydrogen (secondary N) is 4. The number of nitrogens with two attached hydrogens (primary N) is 1. The van der Waals surface area contributed by atoms with E-state index in [1.807, 2.05) is 26.0 Å². The summed E-state index contributed by atoms with van der Waals surface area (Å²) in [6, 6.07) is 5.59. The normalized spacial score (nSPS) is 21.5. The van der Waals surface area contributed by atoms with Gasteiger partial charge in [-0.1, -0.05) is 13.8 Å². The molecule has 0 spiro atoms. The van der Waals surface area contributed by atoms with Gasteiger partial charge in [0.25, 0.3) is 0 Å². The highest BCUT2D eigenvalue weighted by Gasteiger charge is 2.29. The first-order chi connectivity index (χ1) is 14.5. The number of hydrogen-bond donors (Lipinski definition) is 5. The van der Waals surface area contributed by atoms with E-state index in [0.29, 0.717) is 29.5 Å². The molecule has 6 N–H and O–H groups in total. The Balaban J connectivity index is 1.40. The average molecular weight is 431 g/mol. The quantitative estimate of drug-likeness (QED) is 0.251. The van der Waals surface area contributed by atoms with Crippen molar-refractivity contribution < 1.29 is 9.13 Å². The smallest absolute Gasteiger partial charge is 0.189 e. The van der Waals surface area contributed by atoms with Crippen molar-refractivity contribution in [2.24, 2.45) is 11.7 Å². The summed E-state index contributed by atoms with van der Waals surface area (Å²) in [5, 5.41) is 18.0. The van der Waals surface area contributed by atoms with E-state index in [0.717, 1.165) is 35.4 Å². The van der Waals surface area contributed by atoms with Gasteiger partial charge in [-0.15, -0.1) is 0 Å². The Morgan fingerprint density at radius 1 is 1.43 bits per heavy atom. The molecule has 1 aliphatic carbocycles. The van der Waals surface area contributed by atoms with Crippen LogP contribution >= 0.6 is 11.9 Å². The minimum atomic E-state index is -0.238. The zero-order chi connectivity index (χ0) is 21.3. The van der Waals surface area contributed by atoms with E-state index in [4.69, 9.17) is 15.9 Å². The van der Waals surface area contributed by atoms with Crippen molar-refractivity contribution in [2.75, 3.05) is 5.32 Å². The highest BCUT2D eigenvalue weighted by atomic mass is 32.2. The number of H-pyrrole nitrogens is 1. The van der Waals surface area contributed by atoms with E-state index in [9.17, 15) is 4.39 Å².